The van der Waals surface area contributed by atoms with Crippen LogP contribution in [0.2, 0.25) is 5.15 Å². The van der Waals surface area contributed by atoms with Gasteiger partial charge >= 0.3 is 0 Å². The molecule has 1 fully saturated rings. The number of imidazole rings is 1. The van der Waals surface area contributed by atoms with Gasteiger partial charge in [0, 0.05) is 52.7 Å². The summed E-state index contributed by atoms with van der Waals surface area (Å²) in [6, 6.07) is 3.04. The zero-order valence-corrected chi connectivity index (χ0v) is 19.2. The molecular formula is C19H22ClN9O2S. The first-order valence-electron chi connectivity index (χ1n) is 10.1. The standard InChI is InChI=1S/C19H22ClN9O2S/c1-26-11-13(10-24-26)17-25-15-18(27(17)2)22-12-23-19(15)28-6-8-29(9-7-28)32(30,31)14-4-3-5-21-16(14)20/h3-5,10,12-13H,6-9,11H2,1-2H3. The van der Waals surface area contributed by atoms with Crippen LogP contribution in [0.25, 0.3) is 11.2 Å². The number of nitrogens with zero attached hydrogens (tertiary/aromatic N) is 9. The Hall–Kier alpha value is -2.83. The van der Waals surface area contributed by atoms with Crippen molar-refractivity contribution in [3.63, 3.8) is 0 Å². The van der Waals surface area contributed by atoms with Crippen LogP contribution in [-0.4, -0.2) is 88.2 Å². The maximum atomic E-state index is 13.0. The van der Waals surface area contributed by atoms with Crippen molar-refractivity contribution in [1.82, 2.24) is 33.8 Å². The quantitative estimate of drug-likeness (QED) is 0.512. The van der Waals surface area contributed by atoms with Crippen LogP contribution in [0, 0.1) is 0 Å². The van der Waals surface area contributed by atoms with Gasteiger partial charge in [0.1, 0.15) is 22.2 Å². The lowest BCUT2D eigenvalue weighted by molar-refractivity contribution is 0.377. The fourth-order valence-electron chi connectivity index (χ4n) is 4.13. The zero-order valence-electron chi connectivity index (χ0n) is 17.6. The molecule has 1 saturated heterocycles. The normalized spacial score (nSPS) is 19.9. The number of fused-ring (bicyclic) bond motifs is 1. The van der Waals surface area contributed by atoms with E-state index in [1.807, 2.05) is 34.8 Å². The molecule has 5 rings (SSSR count). The molecule has 3 aromatic rings. The molecule has 2 aliphatic rings. The fraction of sp³-hybridized carbons (Fsp3) is 0.421. The number of aryl methyl sites for hydroxylation is 1. The number of likely N-dealkylation sites (N-methyl/N-ethyl adjacent to an activating group) is 1. The van der Waals surface area contributed by atoms with E-state index in [0.29, 0.717) is 37.5 Å². The summed E-state index contributed by atoms with van der Waals surface area (Å²) in [5.74, 6) is 1.66. The number of hydrogen-bond donors (Lipinski definition) is 0. The topological polar surface area (TPSA) is 113 Å². The summed E-state index contributed by atoms with van der Waals surface area (Å²) in [6.07, 6.45) is 4.88. The van der Waals surface area contributed by atoms with Gasteiger partial charge in [-0.15, -0.1) is 0 Å². The highest BCUT2D eigenvalue weighted by Gasteiger charge is 2.32. The van der Waals surface area contributed by atoms with Crippen molar-refractivity contribution in [2.24, 2.45) is 12.1 Å². The summed E-state index contributed by atoms with van der Waals surface area (Å²) in [7, 11) is 0.148. The molecule has 1 unspecified atom stereocenters. The van der Waals surface area contributed by atoms with Crippen LogP contribution in [0.15, 0.2) is 34.7 Å². The third kappa shape index (κ3) is 3.48. The number of anilines is 1. The van der Waals surface area contributed by atoms with Crippen molar-refractivity contribution < 1.29 is 8.42 Å². The molecule has 13 heteroatoms. The lowest BCUT2D eigenvalue weighted by atomic mass is 10.1. The van der Waals surface area contributed by atoms with Gasteiger partial charge < -0.3 is 9.47 Å². The SMILES string of the molecule is CN1CC(c2nc3c(N4CCN(S(=O)(=O)c5cccnc5Cl)CC4)ncnc3n2C)C=N1. The van der Waals surface area contributed by atoms with Gasteiger partial charge in [0.05, 0.1) is 12.5 Å². The molecule has 0 radical (unpaired) electrons. The number of halogens is 1. The van der Waals surface area contributed by atoms with Gasteiger partial charge in [0.25, 0.3) is 0 Å². The largest absolute Gasteiger partial charge is 0.352 e. The Bertz CT molecular complexity index is 1300. The lowest BCUT2D eigenvalue weighted by Crippen LogP contribution is -2.49. The lowest BCUT2D eigenvalue weighted by Gasteiger charge is -2.34. The highest BCUT2D eigenvalue weighted by atomic mass is 35.5. The minimum absolute atomic E-state index is 0.0189. The van der Waals surface area contributed by atoms with Gasteiger partial charge in [0.2, 0.25) is 10.0 Å². The molecule has 1 atom stereocenters. The Morgan fingerprint density at radius 3 is 2.56 bits per heavy atom. The van der Waals surface area contributed by atoms with Crippen molar-refractivity contribution in [2.45, 2.75) is 10.8 Å². The summed E-state index contributed by atoms with van der Waals surface area (Å²) >= 11 is 6.03. The first-order chi connectivity index (χ1) is 15.4. The van der Waals surface area contributed by atoms with Gasteiger partial charge in [0.15, 0.2) is 17.0 Å². The highest BCUT2D eigenvalue weighted by Crippen LogP contribution is 2.29. The van der Waals surface area contributed by atoms with Crippen LogP contribution in [0.1, 0.15) is 11.7 Å². The third-order valence-electron chi connectivity index (χ3n) is 5.79. The molecule has 0 amide bonds. The van der Waals surface area contributed by atoms with Crippen molar-refractivity contribution in [3.8, 4) is 0 Å². The molecule has 0 aliphatic carbocycles. The average molecular weight is 476 g/mol. The summed E-state index contributed by atoms with van der Waals surface area (Å²) in [6.45, 7) is 2.32. The van der Waals surface area contributed by atoms with Gasteiger partial charge in [-0.25, -0.2) is 28.4 Å². The molecule has 0 saturated carbocycles. The predicted molar refractivity (Wildman–Crippen MR) is 120 cm³/mol. The summed E-state index contributed by atoms with van der Waals surface area (Å²) in [5, 5.41) is 6.17. The molecule has 0 aromatic carbocycles. The summed E-state index contributed by atoms with van der Waals surface area (Å²) in [4.78, 5) is 19.7. The smallest absolute Gasteiger partial charge is 0.246 e. The van der Waals surface area contributed by atoms with E-state index in [1.165, 1.54) is 22.9 Å². The molecule has 5 heterocycles. The molecule has 32 heavy (non-hydrogen) atoms. The minimum atomic E-state index is -3.72. The van der Waals surface area contributed by atoms with E-state index in [1.54, 1.807) is 6.07 Å². The molecule has 0 bridgehead atoms. The van der Waals surface area contributed by atoms with E-state index in [4.69, 9.17) is 16.6 Å². The Labute approximate surface area is 190 Å². The van der Waals surface area contributed by atoms with E-state index >= 15 is 0 Å². The van der Waals surface area contributed by atoms with Crippen LogP contribution in [0.3, 0.4) is 0 Å². The molecule has 0 N–H and O–H groups in total. The summed E-state index contributed by atoms with van der Waals surface area (Å²) in [5.41, 5.74) is 1.45. The van der Waals surface area contributed by atoms with Gasteiger partial charge in [-0.1, -0.05) is 11.6 Å². The Morgan fingerprint density at radius 1 is 1.09 bits per heavy atom. The molecule has 0 spiro atoms. The number of sulfonamides is 1. The number of aromatic nitrogens is 5. The number of hydrogen-bond acceptors (Lipinski definition) is 9. The van der Waals surface area contributed by atoms with Crippen molar-refractivity contribution in [2.75, 3.05) is 44.7 Å². The van der Waals surface area contributed by atoms with E-state index < -0.39 is 10.0 Å². The van der Waals surface area contributed by atoms with Crippen molar-refractivity contribution in [3.05, 3.63) is 35.6 Å². The van der Waals surface area contributed by atoms with Gasteiger partial charge in [-0.2, -0.15) is 9.41 Å². The third-order valence-corrected chi connectivity index (χ3v) is 8.13. The Kier molecular flexibility index (Phi) is 5.22. The molecule has 11 nitrogen and oxygen atoms in total. The maximum absolute atomic E-state index is 13.0. The average Bonchev–Trinajstić information content (AvgIpc) is 3.37. The van der Waals surface area contributed by atoms with E-state index in [-0.39, 0.29) is 16.0 Å². The van der Waals surface area contributed by atoms with Crippen molar-refractivity contribution in [1.29, 1.82) is 0 Å². The minimum Gasteiger partial charge on any atom is -0.352 e. The van der Waals surface area contributed by atoms with Crippen LogP contribution in [0.5, 0.6) is 0 Å². The highest BCUT2D eigenvalue weighted by molar-refractivity contribution is 7.89. The monoisotopic (exact) mass is 475 g/mol. The Balaban J connectivity index is 1.40. The molecular weight excluding hydrogens is 454 g/mol. The van der Waals surface area contributed by atoms with Gasteiger partial charge in [-0.05, 0) is 12.1 Å². The first kappa shape index (κ1) is 21.0. The van der Waals surface area contributed by atoms with E-state index in [9.17, 15) is 8.42 Å². The maximum Gasteiger partial charge on any atom is 0.246 e. The van der Waals surface area contributed by atoms with Crippen LogP contribution < -0.4 is 4.90 Å². The van der Waals surface area contributed by atoms with Gasteiger partial charge in [-0.3, -0.25) is 5.01 Å². The number of rotatable bonds is 4. The van der Waals surface area contributed by atoms with E-state index in [2.05, 4.69) is 20.1 Å². The number of hydrazone groups is 1. The van der Waals surface area contributed by atoms with E-state index in [0.717, 1.165) is 18.0 Å². The molecule has 3 aromatic heterocycles. The second-order valence-electron chi connectivity index (χ2n) is 7.79. The number of pyridine rings is 1. The Morgan fingerprint density at radius 2 is 1.88 bits per heavy atom. The van der Waals surface area contributed by atoms with Crippen LogP contribution >= 0.6 is 11.6 Å². The second kappa shape index (κ2) is 7.94. The zero-order chi connectivity index (χ0) is 22.5. The molecule has 168 valence electrons. The number of piperazine rings is 1. The second-order valence-corrected chi connectivity index (χ2v) is 10.1. The predicted octanol–water partition coefficient (Wildman–Crippen LogP) is 0.937. The van der Waals surface area contributed by atoms with Crippen molar-refractivity contribution >= 4 is 44.8 Å². The molecule has 2 aliphatic heterocycles. The first-order valence-corrected chi connectivity index (χ1v) is 12.0. The fourth-order valence-corrected chi connectivity index (χ4v) is 5.98. The van der Waals surface area contributed by atoms with Crippen LogP contribution in [0.4, 0.5) is 5.82 Å². The summed E-state index contributed by atoms with van der Waals surface area (Å²) < 4.78 is 29.4. The van der Waals surface area contributed by atoms with Crippen LogP contribution in [-0.2, 0) is 17.1 Å².